The molecule has 2 aliphatic rings. The molecule has 2 N–H and O–H groups in total. The Morgan fingerprint density at radius 1 is 1.13 bits per heavy atom. The predicted octanol–water partition coefficient (Wildman–Crippen LogP) is 3.68. The molecule has 5 nitrogen and oxygen atoms in total. The molecule has 1 amide bonds. The summed E-state index contributed by atoms with van der Waals surface area (Å²) in [6.45, 7) is 7.54. The van der Waals surface area contributed by atoms with Crippen LogP contribution in [0.15, 0.2) is 54.6 Å². The summed E-state index contributed by atoms with van der Waals surface area (Å²) in [6, 6.07) is 17.1. The van der Waals surface area contributed by atoms with Crippen LogP contribution in [0.25, 0.3) is 0 Å². The van der Waals surface area contributed by atoms with Crippen LogP contribution in [0, 0.1) is 5.92 Å². The largest absolute Gasteiger partial charge is 0.484 e. The molecule has 0 unspecified atom stereocenters. The number of hydrogen-bond donors (Lipinski definition) is 2. The number of nitrogens with one attached hydrogen (secondary N) is 1. The minimum Gasteiger partial charge on any atom is -0.484 e. The number of aliphatic hydroxyl groups is 1. The van der Waals surface area contributed by atoms with Crippen molar-refractivity contribution in [2.24, 2.45) is 5.92 Å². The van der Waals surface area contributed by atoms with E-state index in [1.54, 1.807) is 0 Å². The highest BCUT2D eigenvalue weighted by atomic mass is 16.5. The number of nitrogens with zero attached hydrogens (tertiary/aromatic N) is 1. The van der Waals surface area contributed by atoms with Crippen LogP contribution in [0.2, 0.25) is 0 Å². The third kappa shape index (κ3) is 4.63. The number of hydrogen-bond acceptors (Lipinski definition) is 4. The number of fused-ring (bicyclic) bond motifs is 2. The number of piperidine rings is 1. The molecule has 0 saturated carbocycles. The van der Waals surface area contributed by atoms with E-state index in [9.17, 15) is 9.90 Å². The van der Waals surface area contributed by atoms with Crippen molar-refractivity contribution in [2.75, 3.05) is 26.2 Å². The summed E-state index contributed by atoms with van der Waals surface area (Å²) in [5, 5.41) is 14.5. The predicted molar refractivity (Wildman–Crippen MR) is 122 cm³/mol. The van der Waals surface area contributed by atoms with Crippen LogP contribution in [0.3, 0.4) is 0 Å². The van der Waals surface area contributed by atoms with Crippen LogP contribution in [0.4, 0.5) is 0 Å². The van der Waals surface area contributed by atoms with E-state index in [0.717, 1.165) is 38.0 Å². The Morgan fingerprint density at radius 3 is 2.52 bits per heavy atom. The minimum atomic E-state index is -0.627. The van der Waals surface area contributed by atoms with Gasteiger partial charge in [0.05, 0.1) is 12.1 Å². The molecule has 1 aliphatic heterocycles. The molecule has 2 aromatic rings. The van der Waals surface area contributed by atoms with Gasteiger partial charge in [0.25, 0.3) is 5.91 Å². The second kappa shape index (κ2) is 9.41. The standard InChI is InChI=1S/C26H34N2O3/c1-19(2)12-15-28-16-13-26(14-17-28)22-11-7-6-10-21(22)24(25(26)30)27-23(29)18-31-20-8-4-3-5-9-20/h3-11,19,24-25,30H,12-18H2,1-2H3,(H,27,29)/t24-,25+/m1/s1. The Morgan fingerprint density at radius 2 is 1.81 bits per heavy atom. The summed E-state index contributed by atoms with van der Waals surface area (Å²) in [5.74, 6) is 1.15. The van der Waals surface area contributed by atoms with Crippen LogP contribution in [-0.4, -0.2) is 48.3 Å². The van der Waals surface area contributed by atoms with Crippen molar-refractivity contribution >= 4 is 5.91 Å². The van der Waals surface area contributed by atoms with Crippen LogP contribution in [0.5, 0.6) is 5.75 Å². The van der Waals surface area contributed by atoms with Gasteiger partial charge in [0.2, 0.25) is 0 Å². The highest BCUT2D eigenvalue weighted by Gasteiger charge is 2.52. The van der Waals surface area contributed by atoms with E-state index in [1.165, 1.54) is 12.0 Å². The third-order valence-corrected chi connectivity index (χ3v) is 6.91. The van der Waals surface area contributed by atoms with E-state index in [0.29, 0.717) is 11.7 Å². The average molecular weight is 423 g/mol. The maximum Gasteiger partial charge on any atom is 0.258 e. The minimum absolute atomic E-state index is 0.0641. The van der Waals surface area contributed by atoms with E-state index in [-0.39, 0.29) is 17.9 Å². The first kappa shape index (κ1) is 21.8. The van der Waals surface area contributed by atoms with Crippen molar-refractivity contribution < 1.29 is 14.6 Å². The molecule has 0 aromatic heterocycles. The SMILES string of the molecule is CC(C)CCN1CCC2(CC1)c1ccccc1[C@@H](NC(=O)COc1ccccc1)[C@@H]2O. The molecular formula is C26H34N2O3. The topological polar surface area (TPSA) is 61.8 Å². The van der Waals surface area contributed by atoms with E-state index in [2.05, 4.69) is 30.1 Å². The Kier molecular flexibility index (Phi) is 6.63. The maximum atomic E-state index is 12.6. The van der Waals surface area contributed by atoms with Crippen molar-refractivity contribution in [3.8, 4) is 5.75 Å². The van der Waals surface area contributed by atoms with Gasteiger partial charge in [0.15, 0.2) is 6.61 Å². The second-order valence-electron chi connectivity index (χ2n) is 9.36. The highest BCUT2D eigenvalue weighted by Crippen LogP contribution is 2.50. The molecule has 0 radical (unpaired) electrons. The first-order valence-electron chi connectivity index (χ1n) is 11.5. The molecule has 1 aliphatic carbocycles. The Balaban J connectivity index is 1.44. The Bertz CT molecular complexity index is 875. The zero-order valence-corrected chi connectivity index (χ0v) is 18.6. The van der Waals surface area contributed by atoms with Crippen molar-refractivity contribution in [2.45, 2.75) is 50.7 Å². The van der Waals surface area contributed by atoms with Gasteiger partial charge in [-0.1, -0.05) is 56.3 Å². The van der Waals surface area contributed by atoms with Gasteiger partial charge in [-0.25, -0.2) is 0 Å². The highest BCUT2D eigenvalue weighted by molar-refractivity contribution is 5.78. The molecule has 1 fully saturated rings. The number of ether oxygens (including phenoxy) is 1. The molecule has 2 aromatic carbocycles. The van der Waals surface area contributed by atoms with Crippen LogP contribution in [-0.2, 0) is 10.2 Å². The summed E-state index contributed by atoms with van der Waals surface area (Å²) < 4.78 is 5.60. The Labute approximate surface area is 185 Å². The smallest absolute Gasteiger partial charge is 0.258 e. The summed E-state index contributed by atoms with van der Waals surface area (Å²) in [5.41, 5.74) is 1.95. The number of para-hydroxylation sites is 1. The van der Waals surface area contributed by atoms with Crippen LogP contribution >= 0.6 is 0 Å². The van der Waals surface area contributed by atoms with Crippen molar-refractivity contribution in [3.63, 3.8) is 0 Å². The lowest BCUT2D eigenvalue weighted by atomic mass is 9.72. The average Bonchev–Trinajstić information content (AvgIpc) is 3.01. The number of carbonyl (C=O) groups is 1. The summed E-state index contributed by atoms with van der Waals surface area (Å²) in [4.78, 5) is 15.2. The maximum absolute atomic E-state index is 12.6. The lowest BCUT2D eigenvalue weighted by Crippen LogP contribution is -2.50. The number of carbonyl (C=O) groups excluding carboxylic acids is 1. The van der Waals surface area contributed by atoms with Crippen LogP contribution < -0.4 is 10.1 Å². The Hall–Kier alpha value is -2.37. The molecular weight excluding hydrogens is 388 g/mol. The van der Waals surface area contributed by atoms with E-state index in [4.69, 9.17) is 4.74 Å². The fourth-order valence-electron chi connectivity index (χ4n) is 5.09. The molecule has 5 heteroatoms. The molecule has 31 heavy (non-hydrogen) atoms. The van der Waals surface area contributed by atoms with Gasteiger partial charge >= 0.3 is 0 Å². The van der Waals surface area contributed by atoms with Gasteiger partial charge in [-0.15, -0.1) is 0 Å². The van der Waals surface area contributed by atoms with Crippen molar-refractivity contribution in [1.82, 2.24) is 10.2 Å². The normalized spacial score (nSPS) is 22.5. The van der Waals surface area contributed by atoms with Crippen molar-refractivity contribution in [3.05, 3.63) is 65.7 Å². The van der Waals surface area contributed by atoms with Crippen molar-refractivity contribution in [1.29, 1.82) is 0 Å². The fraction of sp³-hybridized carbons (Fsp3) is 0.500. The summed E-state index contributed by atoms with van der Waals surface area (Å²) in [7, 11) is 0. The lowest BCUT2D eigenvalue weighted by Gasteiger charge is -2.43. The monoisotopic (exact) mass is 422 g/mol. The second-order valence-corrected chi connectivity index (χ2v) is 9.36. The number of benzene rings is 2. The number of amides is 1. The number of aliphatic hydroxyl groups excluding tert-OH is 1. The van der Waals surface area contributed by atoms with Gasteiger partial charge in [-0.2, -0.15) is 0 Å². The van der Waals surface area contributed by atoms with Gasteiger partial charge in [0, 0.05) is 5.41 Å². The molecule has 1 spiro atoms. The fourth-order valence-corrected chi connectivity index (χ4v) is 5.09. The quantitative estimate of drug-likeness (QED) is 0.715. The lowest BCUT2D eigenvalue weighted by molar-refractivity contribution is -0.125. The first-order chi connectivity index (χ1) is 15.0. The first-order valence-corrected chi connectivity index (χ1v) is 11.5. The van der Waals surface area contributed by atoms with Gasteiger partial charge < -0.3 is 20.1 Å². The van der Waals surface area contributed by atoms with Gasteiger partial charge in [-0.05, 0) is 68.1 Å². The van der Waals surface area contributed by atoms with E-state index in [1.807, 2.05) is 48.5 Å². The zero-order chi connectivity index (χ0) is 21.8. The molecule has 1 heterocycles. The van der Waals surface area contributed by atoms with Gasteiger partial charge in [0.1, 0.15) is 5.75 Å². The van der Waals surface area contributed by atoms with E-state index < -0.39 is 12.1 Å². The molecule has 166 valence electrons. The summed E-state index contributed by atoms with van der Waals surface area (Å²) >= 11 is 0. The molecule has 0 bridgehead atoms. The number of likely N-dealkylation sites (tertiary alicyclic amines) is 1. The zero-order valence-electron chi connectivity index (χ0n) is 18.6. The molecule has 4 rings (SSSR count). The molecule has 2 atom stereocenters. The van der Waals surface area contributed by atoms with Gasteiger partial charge in [-0.3, -0.25) is 4.79 Å². The summed E-state index contributed by atoms with van der Waals surface area (Å²) in [6.07, 6.45) is 2.40. The van der Waals surface area contributed by atoms with Crippen LogP contribution in [0.1, 0.15) is 50.3 Å². The molecule has 1 saturated heterocycles. The third-order valence-electron chi connectivity index (χ3n) is 6.91. The van der Waals surface area contributed by atoms with E-state index >= 15 is 0 Å². The number of rotatable bonds is 7.